The molecule has 12 heteroatoms. The van der Waals surface area contributed by atoms with E-state index in [9.17, 15) is 52.7 Å². The molecule has 0 N–H and O–H groups in total. The topological polar surface area (TPSA) is 0 Å². The average Bonchev–Trinajstić information content (AvgIpc) is 2.42. The maximum atomic E-state index is 14.0. The van der Waals surface area contributed by atoms with Crippen LogP contribution in [0.1, 0.15) is 26.2 Å². The monoisotopic (exact) mass is 384 g/mol. The maximum absolute atomic E-state index is 14.0. The first-order valence-corrected chi connectivity index (χ1v) is 6.28. The molecule has 0 amide bonds. The third-order valence-corrected chi connectivity index (χ3v) is 3.26. The van der Waals surface area contributed by atoms with Crippen LogP contribution >= 0.6 is 0 Å². The van der Waals surface area contributed by atoms with Gasteiger partial charge in [-0.1, -0.05) is 19.9 Å². The number of allylic oxidation sites excluding steroid dienone is 1. The molecule has 24 heavy (non-hydrogen) atoms. The predicted octanol–water partition coefficient (Wildman–Crippen LogP) is 6.17. The second-order valence-electron chi connectivity index (χ2n) is 4.94. The molecule has 0 fully saturated rings. The van der Waals surface area contributed by atoms with Gasteiger partial charge in [-0.2, -0.15) is 39.5 Å². The molecule has 0 saturated heterocycles. The van der Waals surface area contributed by atoms with Gasteiger partial charge in [0.1, 0.15) is 0 Å². The van der Waals surface area contributed by atoms with Crippen LogP contribution in [0.25, 0.3) is 0 Å². The molecule has 0 aromatic carbocycles. The zero-order chi connectivity index (χ0) is 19.8. The Morgan fingerprint density at radius 1 is 0.708 bits per heavy atom. The van der Waals surface area contributed by atoms with Crippen molar-refractivity contribution in [2.75, 3.05) is 0 Å². The van der Waals surface area contributed by atoms with E-state index in [2.05, 4.69) is 6.58 Å². The Bertz CT molecular complexity index is 449. The van der Waals surface area contributed by atoms with Crippen LogP contribution in [0.5, 0.6) is 0 Å². The molecule has 0 spiro atoms. The SMILES string of the molecule is C=CC(F)(C(F)(F)CCCC)C(F)(F)C(F)(F)C(F)(F)C(F)(F)F. The van der Waals surface area contributed by atoms with Gasteiger partial charge in [-0.05, 0) is 12.5 Å². The molecule has 1 unspecified atom stereocenters. The summed E-state index contributed by atoms with van der Waals surface area (Å²) in [5.41, 5.74) is -5.84. The standard InChI is InChI=1S/C12H12F12/c1-3-5-6-8(14,15)7(13,4-2)9(16,17)10(18,19)11(20,21)12(22,23)24/h4H,2-3,5-6H2,1H3. The first-order chi connectivity index (χ1) is 10.4. The van der Waals surface area contributed by atoms with Crippen molar-refractivity contribution in [2.24, 2.45) is 0 Å². The number of unbranched alkanes of at least 4 members (excludes halogenated alkanes) is 1. The van der Waals surface area contributed by atoms with Crippen LogP contribution in [0.3, 0.4) is 0 Å². The van der Waals surface area contributed by atoms with Crippen molar-refractivity contribution in [1.82, 2.24) is 0 Å². The fourth-order valence-electron chi connectivity index (χ4n) is 1.69. The van der Waals surface area contributed by atoms with E-state index in [1.54, 1.807) is 0 Å². The molecule has 0 rings (SSSR count). The van der Waals surface area contributed by atoms with Crippen molar-refractivity contribution in [2.45, 2.75) is 61.7 Å². The van der Waals surface area contributed by atoms with Gasteiger partial charge in [0.2, 0.25) is 0 Å². The van der Waals surface area contributed by atoms with Crippen LogP contribution in [0.2, 0.25) is 0 Å². The van der Waals surface area contributed by atoms with Gasteiger partial charge >= 0.3 is 23.9 Å². The molecule has 144 valence electrons. The lowest BCUT2D eigenvalue weighted by Crippen LogP contribution is -2.70. The van der Waals surface area contributed by atoms with Gasteiger partial charge in [0.15, 0.2) is 0 Å². The number of alkyl halides is 12. The summed E-state index contributed by atoms with van der Waals surface area (Å²) < 4.78 is 156. The van der Waals surface area contributed by atoms with Crippen LogP contribution in [0, 0.1) is 0 Å². The van der Waals surface area contributed by atoms with Gasteiger partial charge < -0.3 is 0 Å². The van der Waals surface area contributed by atoms with Gasteiger partial charge in [-0.15, -0.1) is 0 Å². The first-order valence-electron chi connectivity index (χ1n) is 6.28. The van der Waals surface area contributed by atoms with E-state index >= 15 is 0 Å². The minimum Gasteiger partial charge on any atom is -0.226 e. The van der Waals surface area contributed by atoms with Crippen LogP contribution < -0.4 is 0 Å². The van der Waals surface area contributed by atoms with E-state index in [4.69, 9.17) is 0 Å². The zero-order valence-electron chi connectivity index (χ0n) is 11.9. The Morgan fingerprint density at radius 2 is 1.12 bits per heavy atom. The van der Waals surface area contributed by atoms with Gasteiger partial charge in [0, 0.05) is 6.42 Å². The zero-order valence-corrected chi connectivity index (χ0v) is 11.9. The van der Waals surface area contributed by atoms with Crippen LogP contribution in [-0.4, -0.2) is 35.5 Å². The minimum absolute atomic E-state index is 0.149. The smallest absolute Gasteiger partial charge is 0.226 e. The molecule has 0 aliphatic heterocycles. The summed E-state index contributed by atoms with van der Waals surface area (Å²) in [5, 5.41) is 0. The Balaban J connectivity index is 6.29. The van der Waals surface area contributed by atoms with E-state index in [0.29, 0.717) is 0 Å². The highest BCUT2D eigenvalue weighted by molar-refractivity contribution is 5.21. The fourth-order valence-corrected chi connectivity index (χ4v) is 1.69. The highest BCUT2D eigenvalue weighted by atomic mass is 19.4. The molecule has 0 nitrogen and oxygen atoms in total. The molecule has 1 atom stereocenters. The largest absolute Gasteiger partial charge is 0.460 e. The number of hydrogen-bond acceptors (Lipinski definition) is 0. The van der Waals surface area contributed by atoms with Gasteiger partial charge in [0.05, 0.1) is 0 Å². The Morgan fingerprint density at radius 3 is 1.42 bits per heavy atom. The summed E-state index contributed by atoms with van der Waals surface area (Å²) in [6, 6.07) is 0. The molecule has 0 aliphatic carbocycles. The molecular weight excluding hydrogens is 372 g/mol. The molecule has 0 heterocycles. The van der Waals surface area contributed by atoms with E-state index in [1.165, 1.54) is 6.92 Å². The summed E-state index contributed by atoms with van der Waals surface area (Å²) in [7, 11) is 0. The third-order valence-electron chi connectivity index (χ3n) is 3.26. The lowest BCUT2D eigenvalue weighted by Gasteiger charge is -2.42. The normalized spacial score (nSPS) is 17.5. The summed E-state index contributed by atoms with van der Waals surface area (Å²) in [6.07, 6.45) is -11.0. The van der Waals surface area contributed by atoms with E-state index in [-0.39, 0.29) is 6.42 Å². The lowest BCUT2D eigenvalue weighted by molar-refractivity contribution is -0.418. The molecule has 0 saturated carbocycles. The quantitative estimate of drug-likeness (QED) is 0.347. The number of halogens is 12. The fraction of sp³-hybridized carbons (Fsp3) is 0.833. The predicted molar refractivity (Wildman–Crippen MR) is 59.4 cm³/mol. The maximum Gasteiger partial charge on any atom is 0.460 e. The Labute approximate surface area is 128 Å². The molecule has 0 radical (unpaired) electrons. The molecule has 0 aliphatic rings. The van der Waals surface area contributed by atoms with Crippen molar-refractivity contribution >= 4 is 0 Å². The highest BCUT2D eigenvalue weighted by Gasteiger charge is 2.88. The van der Waals surface area contributed by atoms with Crippen molar-refractivity contribution in [3.63, 3.8) is 0 Å². The Kier molecular flexibility index (Phi) is 6.03. The van der Waals surface area contributed by atoms with Crippen molar-refractivity contribution in [1.29, 1.82) is 0 Å². The second kappa shape index (κ2) is 6.32. The van der Waals surface area contributed by atoms with E-state index in [1.807, 2.05) is 0 Å². The van der Waals surface area contributed by atoms with Crippen LogP contribution in [-0.2, 0) is 0 Å². The van der Waals surface area contributed by atoms with E-state index in [0.717, 1.165) is 0 Å². The lowest BCUT2D eigenvalue weighted by atomic mass is 9.82. The first kappa shape index (κ1) is 22.9. The third kappa shape index (κ3) is 3.07. The summed E-state index contributed by atoms with van der Waals surface area (Å²) in [6.45, 7) is 3.37. The summed E-state index contributed by atoms with van der Waals surface area (Å²) in [5.74, 6) is -27.5. The van der Waals surface area contributed by atoms with Gasteiger partial charge in [0.25, 0.3) is 11.6 Å². The van der Waals surface area contributed by atoms with Crippen molar-refractivity contribution < 1.29 is 52.7 Å². The van der Waals surface area contributed by atoms with Crippen LogP contribution in [0.4, 0.5) is 52.7 Å². The van der Waals surface area contributed by atoms with Gasteiger partial charge in [-0.3, -0.25) is 0 Å². The average molecular weight is 384 g/mol. The van der Waals surface area contributed by atoms with Crippen molar-refractivity contribution in [3.8, 4) is 0 Å². The Hall–Kier alpha value is -1.10. The minimum atomic E-state index is -7.50. The van der Waals surface area contributed by atoms with Crippen LogP contribution in [0.15, 0.2) is 12.7 Å². The molecule has 0 aromatic heterocycles. The molecular formula is C12H12F12. The van der Waals surface area contributed by atoms with E-state index < -0.39 is 54.5 Å². The van der Waals surface area contributed by atoms with Crippen molar-refractivity contribution in [3.05, 3.63) is 12.7 Å². The molecule has 0 aromatic rings. The highest BCUT2D eigenvalue weighted by Crippen LogP contribution is 2.60. The summed E-state index contributed by atoms with van der Waals surface area (Å²) >= 11 is 0. The second-order valence-corrected chi connectivity index (χ2v) is 4.94. The summed E-state index contributed by atoms with van der Waals surface area (Å²) in [4.78, 5) is 0. The number of hydrogen-bond donors (Lipinski definition) is 0. The number of rotatable bonds is 8. The van der Waals surface area contributed by atoms with Gasteiger partial charge in [-0.25, -0.2) is 13.2 Å². The molecule has 0 bridgehead atoms.